The summed E-state index contributed by atoms with van der Waals surface area (Å²) in [7, 11) is 3.64. The van der Waals surface area contributed by atoms with E-state index >= 15 is 0 Å². The van der Waals surface area contributed by atoms with Gasteiger partial charge in [-0.15, -0.1) is 0 Å². The van der Waals surface area contributed by atoms with Crippen LogP contribution in [0.3, 0.4) is 0 Å². The third-order valence-electron chi connectivity index (χ3n) is 5.49. The summed E-state index contributed by atoms with van der Waals surface area (Å²) >= 11 is 0. The molecule has 0 aliphatic carbocycles. The summed E-state index contributed by atoms with van der Waals surface area (Å²) in [6.07, 6.45) is 3.74. The van der Waals surface area contributed by atoms with Gasteiger partial charge in [0.15, 0.2) is 0 Å². The molecule has 0 bridgehead atoms. The molecule has 3 rings (SSSR count). The highest BCUT2D eigenvalue weighted by Gasteiger charge is 2.09. The van der Waals surface area contributed by atoms with Gasteiger partial charge >= 0.3 is 0 Å². The van der Waals surface area contributed by atoms with Crippen molar-refractivity contribution in [2.45, 2.75) is 60.8 Å². The third kappa shape index (κ3) is 11.3. The first-order valence-corrected chi connectivity index (χ1v) is 13.2. The molecule has 0 saturated heterocycles. The summed E-state index contributed by atoms with van der Waals surface area (Å²) in [4.78, 5) is 13.9. The van der Waals surface area contributed by atoms with E-state index in [1.807, 2.05) is 45.3 Å². The average Bonchev–Trinajstić information content (AvgIpc) is 2.87. The molecule has 200 valence electrons. The number of hydrogen-bond donors (Lipinski definition) is 3. The van der Waals surface area contributed by atoms with Crippen LogP contribution in [0.25, 0.3) is 0 Å². The second-order valence-corrected chi connectivity index (χ2v) is 9.40. The number of rotatable bonds is 7. The van der Waals surface area contributed by atoms with E-state index in [1.54, 1.807) is 29.2 Å². The van der Waals surface area contributed by atoms with Gasteiger partial charge in [0.25, 0.3) is 5.91 Å². The van der Waals surface area contributed by atoms with Crippen LogP contribution in [-0.2, 0) is 0 Å². The average molecular weight is 503 g/mol. The molecule has 3 aromatic carbocycles. The molecule has 5 nitrogen and oxygen atoms in total. The minimum Gasteiger partial charge on any atom is -0.385 e. The van der Waals surface area contributed by atoms with Crippen molar-refractivity contribution in [3.8, 4) is 0 Å². The molecule has 3 aromatic rings. The number of hydrogen-bond acceptors (Lipinski definition) is 3. The summed E-state index contributed by atoms with van der Waals surface area (Å²) in [6.45, 7) is 13.8. The van der Waals surface area contributed by atoms with Gasteiger partial charge in [0.05, 0.1) is 0 Å². The number of carbonyl (C=O) groups is 1. The smallest absolute Gasteiger partial charge is 0.255 e. The molecule has 3 N–H and O–H groups in total. The number of para-hydroxylation sites is 1. The van der Waals surface area contributed by atoms with E-state index in [4.69, 9.17) is 5.41 Å². The maximum atomic E-state index is 12.2. The maximum absolute atomic E-state index is 12.2. The van der Waals surface area contributed by atoms with Crippen LogP contribution in [0, 0.1) is 26.2 Å². The zero-order chi connectivity index (χ0) is 27.8. The molecule has 0 saturated carbocycles. The molecule has 0 spiro atoms. The van der Waals surface area contributed by atoms with Crippen molar-refractivity contribution in [1.82, 2.24) is 4.90 Å². The Morgan fingerprint density at radius 1 is 0.811 bits per heavy atom. The van der Waals surface area contributed by atoms with Gasteiger partial charge < -0.3 is 15.5 Å². The Balaban J connectivity index is 0.000000365. The number of amides is 1. The van der Waals surface area contributed by atoms with Gasteiger partial charge in [0.1, 0.15) is 5.84 Å². The number of nitrogens with one attached hydrogen (secondary N) is 3. The van der Waals surface area contributed by atoms with Crippen LogP contribution in [-0.4, -0.2) is 37.3 Å². The normalized spacial score (nSPS) is 9.73. The molecule has 0 fully saturated rings. The van der Waals surface area contributed by atoms with Gasteiger partial charge in [-0.3, -0.25) is 10.2 Å². The first-order chi connectivity index (χ1) is 17.6. The summed E-state index contributed by atoms with van der Waals surface area (Å²) in [6, 6.07) is 21.2. The van der Waals surface area contributed by atoms with E-state index in [2.05, 4.69) is 63.5 Å². The Hall–Kier alpha value is -3.60. The van der Waals surface area contributed by atoms with Crippen molar-refractivity contribution < 1.29 is 4.79 Å². The fourth-order valence-electron chi connectivity index (χ4n) is 3.36. The number of benzene rings is 3. The molecule has 0 heterocycles. The molecule has 0 atom stereocenters. The highest BCUT2D eigenvalue weighted by molar-refractivity contribution is 6.05. The second-order valence-electron chi connectivity index (χ2n) is 9.40. The maximum Gasteiger partial charge on any atom is 0.255 e. The van der Waals surface area contributed by atoms with Crippen molar-refractivity contribution in [3.63, 3.8) is 0 Å². The molecular formula is C32H46N4O. The Morgan fingerprint density at radius 2 is 1.41 bits per heavy atom. The summed E-state index contributed by atoms with van der Waals surface area (Å²) in [5.74, 6) is 0.271. The van der Waals surface area contributed by atoms with Crippen molar-refractivity contribution in [3.05, 3.63) is 94.5 Å². The molecule has 1 amide bonds. The van der Waals surface area contributed by atoms with E-state index in [0.717, 1.165) is 23.4 Å². The Bertz CT molecular complexity index is 1100. The van der Waals surface area contributed by atoms with E-state index in [-0.39, 0.29) is 5.91 Å². The SMILES string of the molecule is CCC.CCCCNc1ccc(C)cc1C.Cc1ccccc1NC(=O)c1ccc(C(=N)N(C)C)cc1. The van der Waals surface area contributed by atoms with Crippen LogP contribution in [0.15, 0.2) is 66.7 Å². The zero-order valence-electron chi connectivity index (χ0n) is 24.0. The lowest BCUT2D eigenvalue weighted by molar-refractivity contribution is 0.102. The fourth-order valence-corrected chi connectivity index (χ4v) is 3.36. The standard InChI is InChI=1S/C17H19N3O.C12H19N.C3H8/c1-12-6-4-5-7-15(12)19-17(21)14-10-8-13(9-11-14)16(18)20(2)3;1-4-5-8-13-12-7-6-10(2)9-11(12)3;1-3-2/h4-11,18H,1-3H3,(H,19,21);6-7,9,13H,4-5,8H2,1-3H3;3H2,1-2H3. The molecule has 37 heavy (non-hydrogen) atoms. The van der Waals surface area contributed by atoms with Crippen molar-refractivity contribution in [2.75, 3.05) is 31.3 Å². The lowest BCUT2D eigenvalue weighted by Gasteiger charge is -2.14. The molecule has 0 aliphatic rings. The van der Waals surface area contributed by atoms with Crippen molar-refractivity contribution in [1.29, 1.82) is 5.41 Å². The molecule has 0 aliphatic heterocycles. The topological polar surface area (TPSA) is 68.2 Å². The molecular weight excluding hydrogens is 456 g/mol. The van der Waals surface area contributed by atoms with Crippen LogP contribution in [0.2, 0.25) is 0 Å². The van der Waals surface area contributed by atoms with Gasteiger partial charge in [0.2, 0.25) is 0 Å². The number of amidine groups is 1. The number of aryl methyl sites for hydroxylation is 3. The Kier molecular flexibility index (Phi) is 14.4. The lowest BCUT2D eigenvalue weighted by Crippen LogP contribution is -2.21. The highest BCUT2D eigenvalue weighted by atomic mass is 16.1. The summed E-state index contributed by atoms with van der Waals surface area (Å²) in [5.41, 5.74) is 7.15. The minimum atomic E-state index is -0.146. The largest absolute Gasteiger partial charge is 0.385 e. The van der Waals surface area contributed by atoms with Gasteiger partial charge in [-0.1, -0.05) is 81.6 Å². The predicted octanol–water partition coefficient (Wildman–Crippen LogP) is 8.07. The van der Waals surface area contributed by atoms with Crippen molar-refractivity contribution in [2.24, 2.45) is 0 Å². The van der Waals surface area contributed by atoms with Crippen molar-refractivity contribution >= 4 is 23.1 Å². The third-order valence-corrected chi connectivity index (χ3v) is 5.49. The van der Waals surface area contributed by atoms with Crippen LogP contribution >= 0.6 is 0 Å². The van der Waals surface area contributed by atoms with Gasteiger partial charge in [-0.05, 0) is 62.6 Å². The number of nitrogens with zero attached hydrogens (tertiary/aromatic N) is 1. The minimum absolute atomic E-state index is 0.146. The van der Waals surface area contributed by atoms with E-state index in [9.17, 15) is 4.79 Å². The molecule has 0 unspecified atom stereocenters. The van der Waals surface area contributed by atoms with Gasteiger partial charge in [-0.25, -0.2) is 0 Å². The molecule has 0 radical (unpaired) electrons. The van der Waals surface area contributed by atoms with Gasteiger partial charge in [-0.2, -0.15) is 0 Å². The highest BCUT2D eigenvalue weighted by Crippen LogP contribution is 2.16. The van der Waals surface area contributed by atoms with Gasteiger partial charge in [0, 0.05) is 43.1 Å². The first kappa shape index (κ1) is 31.4. The Labute approximate surface area is 224 Å². The van der Waals surface area contributed by atoms with Crippen LogP contribution in [0.4, 0.5) is 11.4 Å². The number of carbonyl (C=O) groups excluding carboxylic acids is 1. The monoisotopic (exact) mass is 502 g/mol. The summed E-state index contributed by atoms with van der Waals surface area (Å²) < 4.78 is 0. The predicted molar refractivity (Wildman–Crippen MR) is 161 cm³/mol. The fraction of sp³-hybridized carbons (Fsp3) is 0.375. The van der Waals surface area contributed by atoms with E-state index in [0.29, 0.717) is 11.4 Å². The quantitative estimate of drug-likeness (QED) is 0.174. The lowest BCUT2D eigenvalue weighted by atomic mass is 10.1. The number of anilines is 2. The van der Waals surface area contributed by atoms with Crippen LogP contribution in [0.1, 0.15) is 72.6 Å². The second kappa shape index (κ2) is 17.0. The van der Waals surface area contributed by atoms with Crippen LogP contribution < -0.4 is 10.6 Å². The number of unbranched alkanes of at least 4 members (excludes halogenated alkanes) is 1. The first-order valence-electron chi connectivity index (χ1n) is 13.2. The summed E-state index contributed by atoms with van der Waals surface area (Å²) in [5, 5.41) is 14.2. The Morgan fingerprint density at radius 3 is 1.95 bits per heavy atom. The van der Waals surface area contributed by atoms with E-state index in [1.165, 1.54) is 36.1 Å². The zero-order valence-corrected chi connectivity index (χ0v) is 24.0. The molecule has 0 aromatic heterocycles. The van der Waals surface area contributed by atoms with E-state index < -0.39 is 0 Å². The molecule has 5 heteroatoms. The van der Waals surface area contributed by atoms with Crippen LogP contribution in [0.5, 0.6) is 0 Å².